The van der Waals surface area contributed by atoms with Crippen LogP contribution < -0.4 is 5.73 Å². The highest BCUT2D eigenvalue weighted by Crippen LogP contribution is 2.30. The zero-order valence-corrected chi connectivity index (χ0v) is 11.2. The van der Waals surface area contributed by atoms with Crippen molar-refractivity contribution in [3.05, 3.63) is 30.0 Å². The van der Waals surface area contributed by atoms with Crippen LogP contribution in [0.5, 0.6) is 0 Å². The van der Waals surface area contributed by atoms with Crippen molar-refractivity contribution in [2.75, 3.05) is 13.1 Å². The van der Waals surface area contributed by atoms with Gasteiger partial charge in [0, 0.05) is 24.0 Å². The molecule has 6 heteroatoms. The summed E-state index contributed by atoms with van der Waals surface area (Å²) in [7, 11) is 0. The third-order valence-electron chi connectivity index (χ3n) is 4.04. The molecule has 6 nitrogen and oxygen atoms in total. The molecule has 3 rings (SSSR count). The minimum absolute atomic E-state index is 0.0773. The highest BCUT2D eigenvalue weighted by molar-refractivity contribution is 5.98. The van der Waals surface area contributed by atoms with Gasteiger partial charge in [-0.15, -0.1) is 0 Å². The van der Waals surface area contributed by atoms with Crippen LogP contribution in [-0.4, -0.2) is 40.0 Å². The van der Waals surface area contributed by atoms with Gasteiger partial charge in [0.1, 0.15) is 0 Å². The summed E-state index contributed by atoms with van der Waals surface area (Å²) in [6, 6.07) is 5.42. The zero-order chi connectivity index (χ0) is 14.3. The van der Waals surface area contributed by atoms with Crippen molar-refractivity contribution >= 4 is 22.7 Å². The summed E-state index contributed by atoms with van der Waals surface area (Å²) in [5, 5.41) is 7.74. The average Bonchev–Trinajstić information content (AvgIpc) is 3.04. The summed E-state index contributed by atoms with van der Waals surface area (Å²) in [6.45, 7) is 2.74. The van der Waals surface area contributed by atoms with E-state index in [2.05, 4.69) is 10.2 Å². The maximum atomic E-state index is 12.5. The molecule has 1 aliphatic heterocycles. The molecular formula is C14H16N4O2. The van der Waals surface area contributed by atoms with E-state index >= 15 is 0 Å². The standard InChI is InChI=1S/C14H16N4O2/c1-14(13(15)20)4-5-18(8-14)12(19)9-2-3-10-7-16-17-11(10)6-9/h2-3,6-7H,4-5,8H2,1H3,(H2,15,20)(H,16,17). The number of rotatable bonds is 2. The van der Waals surface area contributed by atoms with E-state index in [0.717, 1.165) is 10.9 Å². The number of likely N-dealkylation sites (tertiary alicyclic amines) is 1. The lowest BCUT2D eigenvalue weighted by Gasteiger charge is -2.21. The summed E-state index contributed by atoms with van der Waals surface area (Å²) in [6.07, 6.45) is 2.32. The fourth-order valence-corrected chi connectivity index (χ4v) is 2.59. The molecule has 0 spiro atoms. The van der Waals surface area contributed by atoms with E-state index in [1.165, 1.54) is 0 Å². The number of aromatic nitrogens is 2. The molecule has 0 aliphatic carbocycles. The molecule has 2 amide bonds. The van der Waals surface area contributed by atoms with Gasteiger partial charge in [0.15, 0.2) is 0 Å². The number of primary amides is 1. The number of nitrogens with zero attached hydrogens (tertiary/aromatic N) is 2. The lowest BCUT2D eigenvalue weighted by molar-refractivity contribution is -0.126. The van der Waals surface area contributed by atoms with Gasteiger partial charge in [-0.3, -0.25) is 14.7 Å². The number of nitrogens with two attached hydrogens (primary N) is 1. The predicted octanol–water partition coefficient (Wildman–Crippen LogP) is 0.900. The maximum Gasteiger partial charge on any atom is 0.253 e. The van der Waals surface area contributed by atoms with Crippen LogP contribution in [-0.2, 0) is 4.79 Å². The van der Waals surface area contributed by atoms with E-state index in [4.69, 9.17) is 5.73 Å². The Bertz CT molecular complexity index is 693. The quantitative estimate of drug-likeness (QED) is 0.850. The minimum atomic E-state index is -0.617. The van der Waals surface area contributed by atoms with Crippen molar-refractivity contribution in [3.8, 4) is 0 Å². The van der Waals surface area contributed by atoms with E-state index in [1.807, 2.05) is 6.07 Å². The first-order chi connectivity index (χ1) is 9.49. The molecule has 1 aliphatic rings. The number of carbonyl (C=O) groups is 2. The highest BCUT2D eigenvalue weighted by atomic mass is 16.2. The van der Waals surface area contributed by atoms with Gasteiger partial charge in [0.2, 0.25) is 5.91 Å². The molecule has 2 aromatic rings. The molecule has 0 radical (unpaired) electrons. The van der Waals surface area contributed by atoms with E-state index in [-0.39, 0.29) is 11.8 Å². The SMILES string of the molecule is CC1(C(N)=O)CCN(C(=O)c2ccc3cn[nH]c3c2)C1. The molecule has 2 heterocycles. The molecule has 1 aromatic heterocycles. The normalized spacial score (nSPS) is 22.4. The Kier molecular flexibility index (Phi) is 2.74. The van der Waals surface area contributed by atoms with Gasteiger partial charge < -0.3 is 10.6 Å². The van der Waals surface area contributed by atoms with Crippen LogP contribution in [0.1, 0.15) is 23.7 Å². The molecule has 20 heavy (non-hydrogen) atoms. The van der Waals surface area contributed by atoms with Crippen molar-refractivity contribution in [3.63, 3.8) is 0 Å². The van der Waals surface area contributed by atoms with Crippen LogP contribution in [0.25, 0.3) is 10.9 Å². The predicted molar refractivity (Wildman–Crippen MR) is 73.9 cm³/mol. The first-order valence-electron chi connectivity index (χ1n) is 6.52. The van der Waals surface area contributed by atoms with E-state index in [1.54, 1.807) is 30.2 Å². The first kappa shape index (κ1) is 12.7. The van der Waals surface area contributed by atoms with Crippen molar-refractivity contribution < 1.29 is 9.59 Å². The van der Waals surface area contributed by atoms with Crippen molar-refractivity contribution in [2.45, 2.75) is 13.3 Å². The maximum absolute atomic E-state index is 12.5. The molecule has 1 aromatic carbocycles. The van der Waals surface area contributed by atoms with Gasteiger partial charge in [-0.25, -0.2) is 0 Å². The zero-order valence-electron chi connectivity index (χ0n) is 11.2. The number of amides is 2. The Balaban J connectivity index is 1.84. The monoisotopic (exact) mass is 272 g/mol. The van der Waals surface area contributed by atoms with Gasteiger partial charge in [0.25, 0.3) is 5.91 Å². The largest absolute Gasteiger partial charge is 0.369 e. The van der Waals surface area contributed by atoms with Crippen LogP contribution in [0.2, 0.25) is 0 Å². The number of fused-ring (bicyclic) bond motifs is 1. The number of benzene rings is 1. The Morgan fingerprint density at radius 2 is 2.25 bits per heavy atom. The fraction of sp³-hybridized carbons (Fsp3) is 0.357. The number of hydrogen-bond donors (Lipinski definition) is 2. The molecular weight excluding hydrogens is 256 g/mol. The van der Waals surface area contributed by atoms with Crippen LogP contribution in [0, 0.1) is 5.41 Å². The summed E-state index contributed by atoms with van der Waals surface area (Å²) < 4.78 is 0. The topological polar surface area (TPSA) is 92.1 Å². The lowest BCUT2D eigenvalue weighted by Crippen LogP contribution is -2.38. The number of hydrogen-bond acceptors (Lipinski definition) is 3. The Morgan fingerprint density at radius 3 is 2.95 bits per heavy atom. The van der Waals surface area contributed by atoms with Gasteiger partial charge >= 0.3 is 0 Å². The van der Waals surface area contributed by atoms with Gasteiger partial charge in [-0.1, -0.05) is 6.07 Å². The van der Waals surface area contributed by atoms with Crippen molar-refractivity contribution in [1.82, 2.24) is 15.1 Å². The molecule has 1 fully saturated rings. The third-order valence-corrected chi connectivity index (χ3v) is 4.04. The summed E-state index contributed by atoms with van der Waals surface area (Å²) in [5.41, 5.74) is 6.21. The molecule has 1 saturated heterocycles. The van der Waals surface area contributed by atoms with E-state index in [0.29, 0.717) is 25.1 Å². The van der Waals surface area contributed by atoms with Crippen LogP contribution >= 0.6 is 0 Å². The number of H-pyrrole nitrogens is 1. The molecule has 3 N–H and O–H groups in total. The molecule has 1 unspecified atom stereocenters. The summed E-state index contributed by atoms with van der Waals surface area (Å²) in [4.78, 5) is 25.6. The number of carbonyl (C=O) groups excluding carboxylic acids is 2. The molecule has 104 valence electrons. The first-order valence-corrected chi connectivity index (χ1v) is 6.52. The van der Waals surface area contributed by atoms with Crippen LogP contribution in [0.4, 0.5) is 0 Å². The Morgan fingerprint density at radius 1 is 1.45 bits per heavy atom. The van der Waals surface area contributed by atoms with Crippen LogP contribution in [0.3, 0.4) is 0 Å². The highest BCUT2D eigenvalue weighted by Gasteiger charge is 2.40. The third kappa shape index (κ3) is 1.93. The molecule has 0 saturated carbocycles. The number of aromatic amines is 1. The van der Waals surface area contributed by atoms with Crippen LogP contribution in [0.15, 0.2) is 24.4 Å². The minimum Gasteiger partial charge on any atom is -0.369 e. The Labute approximate surface area is 115 Å². The number of nitrogens with one attached hydrogen (secondary N) is 1. The van der Waals surface area contributed by atoms with E-state index < -0.39 is 5.41 Å². The molecule has 0 bridgehead atoms. The van der Waals surface area contributed by atoms with Gasteiger partial charge in [-0.05, 0) is 25.5 Å². The van der Waals surface area contributed by atoms with Crippen molar-refractivity contribution in [1.29, 1.82) is 0 Å². The molecule has 1 atom stereocenters. The lowest BCUT2D eigenvalue weighted by atomic mass is 9.89. The average molecular weight is 272 g/mol. The second-order valence-electron chi connectivity index (χ2n) is 5.57. The second-order valence-corrected chi connectivity index (χ2v) is 5.57. The van der Waals surface area contributed by atoms with Crippen molar-refractivity contribution in [2.24, 2.45) is 11.1 Å². The second kappa shape index (κ2) is 4.33. The van der Waals surface area contributed by atoms with Gasteiger partial charge in [-0.2, -0.15) is 5.10 Å². The smallest absolute Gasteiger partial charge is 0.253 e. The summed E-state index contributed by atoms with van der Waals surface area (Å²) in [5.74, 6) is -0.428. The summed E-state index contributed by atoms with van der Waals surface area (Å²) >= 11 is 0. The fourth-order valence-electron chi connectivity index (χ4n) is 2.59. The van der Waals surface area contributed by atoms with Gasteiger partial charge in [0.05, 0.1) is 17.1 Å². The Hall–Kier alpha value is -2.37. The van der Waals surface area contributed by atoms with E-state index in [9.17, 15) is 9.59 Å².